The molecule has 1 aromatic carbocycles. The number of benzene rings is 1. The molecule has 0 saturated carbocycles. The zero-order valence-corrected chi connectivity index (χ0v) is 20.7. The molecule has 3 saturated heterocycles. The van der Waals surface area contributed by atoms with E-state index in [0.29, 0.717) is 13.0 Å². The van der Waals surface area contributed by atoms with Crippen LogP contribution in [-0.4, -0.2) is 70.0 Å². The topological polar surface area (TPSA) is 108 Å². The molecule has 0 radical (unpaired) electrons. The summed E-state index contributed by atoms with van der Waals surface area (Å²) >= 11 is 3.64. The zero-order valence-electron chi connectivity index (χ0n) is 19.2. The minimum absolute atomic E-state index is 0.0333. The Morgan fingerprint density at radius 2 is 2.00 bits per heavy atom. The predicted molar refractivity (Wildman–Crippen MR) is 125 cm³/mol. The third-order valence-electron chi connectivity index (χ3n) is 7.68. The fourth-order valence-corrected chi connectivity index (χ4v) is 6.83. The van der Waals surface area contributed by atoms with E-state index < -0.39 is 35.6 Å². The van der Waals surface area contributed by atoms with Crippen LogP contribution in [-0.2, 0) is 25.7 Å². The summed E-state index contributed by atoms with van der Waals surface area (Å²) in [6.45, 7) is 3.99. The second-order valence-corrected chi connectivity index (χ2v) is 10.5. The maximum Gasteiger partial charge on any atom is 0.246 e. The summed E-state index contributed by atoms with van der Waals surface area (Å²) < 4.78 is 6.41. The summed E-state index contributed by atoms with van der Waals surface area (Å²) in [6, 6.07) is 8.07. The van der Waals surface area contributed by atoms with Crippen LogP contribution in [0.1, 0.15) is 32.3 Å². The van der Waals surface area contributed by atoms with E-state index in [2.05, 4.69) is 26.6 Å². The van der Waals surface area contributed by atoms with Crippen LogP contribution in [0.3, 0.4) is 0 Å². The molecule has 3 amide bonds. The molecule has 180 valence electrons. The predicted octanol–water partition coefficient (Wildman–Crippen LogP) is 1.20. The molecular weight excluding hydrogens is 490 g/mol. The molecule has 8 atom stereocenters. The Hall–Kier alpha value is -1.97. The van der Waals surface area contributed by atoms with Gasteiger partial charge in [-0.05, 0) is 17.9 Å². The largest absolute Gasteiger partial charge is 0.394 e. The van der Waals surface area contributed by atoms with Gasteiger partial charge in [0, 0.05) is 18.4 Å². The third kappa shape index (κ3) is 3.78. The average molecular weight is 522 g/mol. The van der Waals surface area contributed by atoms with Crippen molar-refractivity contribution in [2.24, 2.45) is 17.8 Å². The standard InChI is InChI=1S/C24H32BrN3O5/c1-4-13(2)16(12-29)28-20(22(31)27-11-14-8-6-5-7-9-14)24-10-15(25)19(33-24)17(21(30)26-3)18(24)23(28)32/h5-9,13,15-20,29H,4,10-12H2,1-3H3,(H,26,30)(H,27,31)/t13-,15?,16-,17+,18-,19+,20?,24?/m0/s1. The van der Waals surface area contributed by atoms with E-state index in [4.69, 9.17) is 4.74 Å². The second kappa shape index (κ2) is 9.35. The van der Waals surface area contributed by atoms with Gasteiger partial charge in [-0.2, -0.15) is 0 Å². The number of nitrogens with one attached hydrogen (secondary N) is 2. The highest BCUT2D eigenvalue weighted by atomic mass is 79.9. The smallest absolute Gasteiger partial charge is 0.246 e. The lowest BCUT2D eigenvalue weighted by Crippen LogP contribution is -2.59. The van der Waals surface area contributed by atoms with Crippen molar-refractivity contribution >= 4 is 33.7 Å². The van der Waals surface area contributed by atoms with Gasteiger partial charge < -0.3 is 25.4 Å². The van der Waals surface area contributed by atoms with Crippen LogP contribution in [0.15, 0.2) is 30.3 Å². The SMILES string of the molecule is CC[C@H](C)[C@H](CO)N1C(=O)[C@@H]2[C@@H](C(=O)NC)[C@@H]3OC2(CC3Br)C1C(=O)NCc1ccccc1. The number of aliphatic hydroxyl groups is 1. The number of likely N-dealkylation sites (tertiary alicyclic amines) is 1. The molecule has 3 N–H and O–H groups in total. The first-order valence-corrected chi connectivity index (χ1v) is 12.5. The van der Waals surface area contributed by atoms with E-state index in [0.717, 1.165) is 12.0 Å². The molecule has 2 bridgehead atoms. The minimum Gasteiger partial charge on any atom is -0.394 e. The van der Waals surface area contributed by atoms with E-state index in [1.54, 1.807) is 7.05 Å². The number of carbonyl (C=O) groups excluding carboxylic acids is 3. The molecule has 3 unspecified atom stereocenters. The summed E-state index contributed by atoms with van der Waals surface area (Å²) in [5, 5.41) is 15.9. The molecule has 9 heteroatoms. The van der Waals surface area contributed by atoms with Gasteiger partial charge >= 0.3 is 0 Å². The van der Waals surface area contributed by atoms with Crippen molar-refractivity contribution in [1.29, 1.82) is 0 Å². The number of aliphatic hydroxyl groups excluding tert-OH is 1. The molecule has 0 aliphatic carbocycles. The van der Waals surface area contributed by atoms with Gasteiger partial charge in [0.2, 0.25) is 17.7 Å². The number of ether oxygens (including phenoxy) is 1. The summed E-state index contributed by atoms with van der Waals surface area (Å²) in [7, 11) is 1.54. The molecular formula is C24H32BrN3O5. The molecule has 0 aromatic heterocycles. The molecule has 3 fully saturated rings. The van der Waals surface area contributed by atoms with Gasteiger partial charge in [-0.25, -0.2) is 0 Å². The average Bonchev–Trinajstić information content (AvgIpc) is 3.42. The van der Waals surface area contributed by atoms with Crippen molar-refractivity contribution in [2.75, 3.05) is 13.7 Å². The summed E-state index contributed by atoms with van der Waals surface area (Å²) in [5.41, 5.74) is -0.177. The lowest BCUT2D eigenvalue weighted by Gasteiger charge is -2.38. The molecule has 3 aliphatic heterocycles. The summed E-state index contributed by atoms with van der Waals surface area (Å²) in [4.78, 5) is 41.8. The number of hydrogen-bond acceptors (Lipinski definition) is 5. The number of hydrogen-bond donors (Lipinski definition) is 3. The first kappa shape index (κ1) is 24.2. The minimum atomic E-state index is -1.12. The van der Waals surface area contributed by atoms with Crippen LogP contribution in [0.25, 0.3) is 0 Å². The van der Waals surface area contributed by atoms with Gasteiger partial charge in [-0.15, -0.1) is 0 Å². The first-order chi connectivity index (χ1) is 15.8. The van der Waals surface area contributed by atoms with Crippen LogP contribution in [0.2, 0.25) is 0 Å². The highest BCUT2D eigenvalue weighted by Gasteiger charge is 2.77. The van der Waals surface area contributed by atoms with Gasteiger partial charge in [-0.3, -0.25) is 14.4 Å². The van der Waals surface area contributed by atoms with Crippen LogP contribution in [0.4, 0.5) is 0 Å². The highest BCUT2D eigenvalue weighted by Crippen LogP contribution is 2.60. The molecule has 33 heavy (non-hydrogen) atoms. The van der Waals surface area contributed by atoms with Crippen LogP contribution >= 0.6 is 15.9 Å². The number of rotatable bonds is 8. The molecule has 3 aliphatic rings. The molecule has 3 heterocycles. The molecule has 8 nitrogen and oxygen atoms in total. The van der Waals surface area contributed by atoms with Gasteiger partial charge in [0.1, 0.15) is 11.6 Å². The number of amides is 3. The second-order valence-electron chi connectivity index (χ2n) is 9.36. The van der Waals surface area contributed by atoms with E-state index >= 15 is 0 Å². The normalized spacial score (nSPS) is 34.2. The Bertz CT molecular complexity index is 915. The van der Waals surface area contributed by atoms with E-state index in [-0.39, 0.29) is 35.1 Å². The maximum atomic E-state index is 13.9. The van der Waals surface area contributed by atoms with Gasteiger partial charge in [-0.1, -0.05) is 66.5 Å². The van der Waals surface area contributed by atoms with Crippen molar-refractivity contribution in [1.82, 2.24) is 15.5 Å². The fourth-order valence-electron chi connectivity index (χ4n) is 5.89. The lowest BCUT2D eigenvalue weighted by molar-refractivity contribution is -0.147. The fraction of sp³-hybridized carbons (Fsp3) is 0.625. The molecule has 1 aromatic rings. The van der Waals surface area contributed by atoms with Crippen LogP contribution in [0, 0.1) is 17.8 Å². The lowest BCUT2D eigenvalue weighted by atomic mass is 9.70. The number of carbonyl (C=O) groups is 3. The Kier molecular flexibility index (Phi) is 6.85. The van der Waals surface area contributed by atoms with E-state index in [1.165, 1.54) is 4.90 Å². The molecule has 4 rings (SSSR count). The summed E-state index contributed by atoms with van der Waals surface area (Å²) in [5.74, 6) is -2.36. The van der Waals surface area contributed by atoms with Gasteiger partial charge in [0.05, 0.1) is 30.6 Å². The van der Waals surface area contributed by atoms with Crippen molar-refractivity contribution in [3.05, 3.63) is 35.9 Å². The zero-order chi connectivity index (χ0) is 23.9. The van der Waals surface area contributed by atoms with Crippen molar-refractivity contribution in [2.45, 2.75) is 61.8 Å². The maximum absolute atomic E-state index is 13.9. The number of nitrogens with zero attached hydrogens (tertiary/aromatic N) is 1. The molecule has 1 spiro atoms. The van der Waals surface area contributed by atoms with E-state index in [1.807, 2.05) is 44.2 Å². The van der Waals surface area contributed by atoms with E-state index in [9.17, 15) is 19.5 Å². The Morgan fingerprint density at radius 3 is 2.61 bits per heavy atom. The third-order valence-corrected chi connectivity index (χ3v) is 8.52. The first-order valence-electron chi connectivity index (χ1n) is 11.6. The number of alkyl halides is 1. The van der Waals surface area contributed by atoms with Crippen molar-refractivity contribution < 1.29 is 24.2 Å². The van der Waals surface area contributed by atoms with Gasteiger partial charge in [0.15, 0.2) is 0 Å². The van der Waals surface area contributed by atoms with Crippen LogP contribution in [0.5, 0.6) is 0 Å². The van der Waals surface area contributed by atoms with Crippen molar-refractivity contribution in [3.63, 3.8) is 0 Å². The Balaban J connectivity index is 1.73. The highest BCUT2D eigenvalue weighted by molar-refractivity contribution is 9.09. The number of halogens is 1. The Morgan fingerprint density at radius 1 is 1.30 bits per heavy atom. The summed E-state index contributed by atoms with van der Waals surface area (Å²) in [6.07, 6.45) is 0.691. The van der Waals surface area contributed by atoms with Crippen molar-refractivity contribution in [3.8, 4) is 0 Å². The number of fused-ring (bicyclic) bond motifs is 1. The quantitative estimate of drug-likeness (QED) is 0.445. The van der Waals surface area contributed by atoms with Crippen LogP contribution < -0.4 is 10.6 Å². The monoisotopic (exact) mass is 521 g/mol. The Labute approximate surface area is 202 Å². The van der Waals surface area contributed by atoms with Gasteiger partial charge in [0.25, 0.3) is 0 Å².